The Morgan fingerprint density at radius 1 is 1.58 bits per heavy atom. The van der Waals surface area contributed by atoms with Crippen LogP contribution >= 0.6 is 0 Å². The molecule has 2 N–H and O–H groups in total. The summed E-state index contributed by atoms with van der Waals surface area (Å²) < 4.78 is 1.70. The van der Waals surface area contributed by atoms with Gasteiger partial charge in [-0.15, -0.1) is 0 Å². The van der Waals surface area contributed by atoms with E-state index in [0.29, 0.717) is 30.5 Å². The average molecular weight is 267 g/mol. The fraction of sp³-hybridized carbons (Fsp3) is 0.750. The van der Waals surface area contributed by atoms with E-state index in [-0.39, 0.29) is 16.7 Å². The van der Waals surface area contributed by atoms with Gasteiger partial charge in [-0.25, -0.2) is 4.68 Å². The molecule has 1 aromatic heterocycles. The van der Waals surface area contributed by atoms with E-state index in [0.717, 1.165) is 13.0 Å². The maximum absolute atomic E-state index is 11.3. The number of hydrogen-bond donors (Lipinski definition) is 1. The Bertz CT molecular complexity index is 485. The molecule has 19 heavy (non-hydrogen) atoms. The van der Waals surface area contributed by atoms with Crippen LogP contribution in [-0.4, -0.2) is 33.8 Å². The summed E-state index contributed by atoms with van der Waals surface area (Å²) in [7, 11) is 0. The predicted molar refractivity (Wildman–Crippen MR) is 73.3 cm³/mol. The highest BCUT2D eigenvalue weighted by Gasteiger charge is 2.33. The highest BCUT2D eigenvalue weighted by molar-refractivity contribution is 5.61. The minimum Gasteiger partial charge on any atom is -0.350 e. The molecule has 1 aromatic rings. The number of aryl methyl sites for hydroxylation is 2. The lowest BCUT2D eigenvalue weighted by Crippen LogP contribution is -2.48. The van der Waals surface area contributed by atoms with Crippen LogP contribution in [0, 0.1) is 23.0 Å². The van der Waals surface area contributed by atoms with E-state index >= 15 is 0 Å². The van der Waals surface area contributed by atoms with E-state index in [9.17, 15) is 10.1 Å². The van der Waals surface area contributed by atoms with Crippen molar-refractivity contribution in [3.05, 3.63) is 15.8 Å². The van der Waals surface area contributed by atoms with E-state index in [2.05, 4.69) is 12.0 Å². The molecule has 0 radical (unpaired) electrons. The summed E-state index contributed by atoms with van der Waals surface area (Å²) in [5, 5.41) is 15.5. The molecular formula is C12H21N5O2. The summed E-state index contributed by atoms with van der Waals surface area (Å²) in [6.45, 7) is 7.80. The number of anilines is 1. The summed E-state index contributed by atoms with van der Waals surface area (Å²) in [6, 6.07) is 0.0499. The van der Waals surface area contributed by atoms with E-state index < -0.39 is 0 Å². The minimum atomic E-state index is -0.340. The van der Waals surface area contributed by atoms with Gasteiger partial charge in [0.1, 0.15) is 5.69 Å². The van der Waals surface area contributed by atoms with Gasteiger partial charge in [-0.1, -0.05) is 6.92 Å². The third kappa shape index (κ3) is 2.42. The van der Waals surface area contributed by atoms with Crippen LogP contribution < -0.4 is 10.6 Å². The predicted octanol–water partition coefficient (Wildman–Crippen LogP) is 1.29. The van der Waals surface area contributed by atoms with Crippen molar-refractivity contribution in [3.63, 3.8) is 0 Å². The van der Waals surface area contributed by atoms with Crippen molar-refractivity contribution >= 4 is 11.5 Å². The van der Waals surface area contributed by atoms with Crippen LogP contribution in [0.4, 0.5) is 11.5 Å². The Labute approximate surface area is 112 Å². The lowest BCUT2D eigenvalue weighted by atomic mass is 9.94. The van der Waals surface area contributed by atoms with Gasteiger partial charge >= 0.3 is 5.69 Å². The van der Waals surface area contributed by atoms with Crippen molar-refractivity contribution in [3.8, 4) is 0 Å². The molecule has 1 saturated heterocycles. The number of nitro groups is 1. The molecule has 1 fully saturated rings. The van der Waals surface area contributed by atoms with E-state index in [1.165, 1.54) is 0 Å². The van der Waals surface area contributed by atoms with Gasteiger partial charge in [0.05, 0.1) is 4.92 Å². The van der Waals surface area contributed by atoms with Crippen LogP contribution in [-0.2, 0) is 6.54 Å². The summed E-state index contributed by atoms with van der Waals surface area (Å²) in [5.41, 5.74) is 6.67. The van der Waals surface area contributed by atoms with Crippen LogP contribution in [0.25, 0.3) is 0 Å². The molecule has 2 unspecified atom stereocenters. The van der Waals surface area contributed by atoms with Crippen LogP contribution in [0.5, 0.6) is 0 Å². The highest BCUT2D eigenvalue weighted by atomic mass is 16.6. The molecule has 0 amide bonds. The van der Waals surface area contributed by atoms with Crippen molar-refractivity contribution in [2.24, 2.45) is 11.7 Å². The van der Waals surface area contributed by atoms with Crippen molar-refractivity contribution in [1.29, 1.82) is 0 Å². The number of piperidine rings is 1. The molecule has 0 bridgehead atoms. The largest absolute Gasteiger partial charge is 0.350 e. The Morgan fingerprint density at radius 2 is 2.26 bits per heavy atom. The standard InChI is InChI=1S/C12H21N5O2/c1-4-16-12(11(17(18)19)9(3)14-16)15-6-5-8(2)10(13)7-15/h8,10H,4-7,13H2,1-3H3. The zero-order chi connectivity index (χ0) is 14.2. The second-order valence-electron chi connectivity index (χ2n) is 5.21. The molecule has 0 saturated carbocycles. The van der Waals surface area contributed by atoms with Crippen molar-refractivity contribution in [1.82, 2.24) is 9.78 Å². The first-order valence-corrected chi connectivity index (χ1v) is 6.68. The van der Waals surface area contributed by atoms with Gasteiger partial charge in [0, 0.05) is 25.7 Å². The first kappa shape index (κ1) is 13.8. The fourth-order valence-electron chi connectivity index (χ4n) is 2.60. The van der Waals surface area contributed by atoms with Gasteiger partial charge in [-0.3, -0.25) is 10.1 Å². The van der Waals surface area contributed by atoms with E-state index in [1.807, 2.05) is 11.8 Å². The molecule has 2 heterocycles. The molecule has 7 heteroatoms. The first-order valence-electron chi connectivity index (χ1n) is 6.68. The second kappa shape index (κ2) is 5.16. The van der Waals surface area contributed by atoms with Gasteiger partial charge in [0.15, 0.2) is 0 Å². The zero-order valence-corrected chi connectivity index (χ0v) is 11.7. The third-order valence-corrected chi connectivity index (χ3v) is 3.87. The normalized spacial score (nSPS) is 23.7. The van der Waals surface area contributed by atoms with Crippen LogP contribution in [0.15, 0.2) is 0 Å². The maximum Gasteiger partial charge on any atom is 0.333 e. The molecule has 7 nitrogen and oxygen atoms in total. The summed E-state index contributed by atoms with van der Waals surface area (Å²) in [4.78, 5) is 12.9. The van der Waals surface area contributed by atoms with E-state index in [4.69, 9.17) is 5.73 Å². The van der Waals surface area contributed by atoms with Crippen LogP contribution in [0.1, 0.15) is 26.0 Å². The SMILES string of the molecule is CCn1nc(C)c([N+](=O)[O-])c1N1CCC(C)C(N)C1. The lowest BCUT2D eigenvalue weighted by molar-refractivity contribution is -0.384. The molecule has 2 atom stereocenters. The molecule has 2 rings (SSSR count). The van der Waals surface area contributed by atoms with Crippen LogP contribution in [0.2, 0.25) is 0 Å². The summed E-state index contributed by atoms with van der Waals surface area (Å²) in [5.74, 6) is 1.06. The fourth-order valence-corrected chi connectivity index (χ4v) is 2.60. The molecule has 0 spiro atoms. The average Bonchev–Trinajstić information content (AvgIpc) is 2.69. The monoisotopic (exact) mass is 267 g/mol. The first-order chi connectivity index (χ1) is 8.95. The molecule has 1 aliphatic heterocycles. The molecule has 1 aliphatic rings. The van der Waals surface area contributed by atoms with Gasteiger partial charge in [-0.2, -0.15) is 5.10 Å². The van der Waals surface area contributed by atoms with Crippen molar-refractivity contribution in [2.45, 2.75) is 39.8 Å². The van der Waals surface area contributed by atoms with Crippen molar-refractivity contribution in [2.75, 3.05) is 18.0 Å². The zero-order valence-electron chi connectivity index (χ0n) is 11.7. The highest BCUT2D eigenvalue weighted by Crippen LogP contribution is 2.33. The number of aromatic nitrogens is 2. The number of hydrogen-bond acceptors (Lipinski definition) is 5. The third-order valence-electron chi connectivity index (χ3n) is 3.87. The second-order valence-corrected chi connectivity index (χ2v) is 5.21. The quantitative estimate of drug-likeness (QED) is 0.658. The maximum atomic E-state index is 11.3. The van der Waals surface area contributed by atoms with Gasteiger partial charge < -0.3 is 10.6 Å². The summed E-state index contributed by atoms with van der Waals surface area (Å²) in [6.07, 6.45) is 0.951. The molecule has 106 valence electrons. The Kier molecular flexibility index (Phi) is 3.75. The van der Waals surface area contributed by atoms with Gasteiger partial charge in [0.2, 0.25) is 5.82 Å². The lowest BCUT2D eigenvalue weighted by Gasteiger charge is -2.35. The van der Waals surface area contributed by atoms with E-state index in [1.54, 1.807) is 11.6 Å². The topological polar surface area (TPSA) is 90.2 Å². The Morgan fingerprint density at radius 3 is 2.79 bits per heavy atom. The molecule has 0 aromatic carbocycles. The Balaban J connectivity index is 2.40. The van der Waals surface area contributed by atoms with Gasteiger partial charge in [0.25, 0.3) is 0 Å². The molecular weight excluding hydrogens is 246 g/mol. The minimum absolute atomic E-state index is 0.0499. The molecule has 0 aliphatic carbocycles. The van der Waals surface area contributed by atoms with Gasteiger partial charge in [-0.05, 0) is 26.2 Å². The number of nitrogens with zero attached hydrogens (tertiary/aromatic N) is 4. The Hall–Kier alpha value is -1.63. The van der Waals surface area contributed by atoms with Crippen molar-refractivity contribution < 1.29 is 4.92 Å². The summed E-state index contributed by atoms with van der Waals surface area (Å²) >= 11 is 0. The smallest absolute Gasteiger partial charge is 0.333 e. The van der Waals surface area contributed by atoms with Crippen LogP contribution in [0.3, 0.4) is 0 Å². The number of rotatable bonds is 3. The number of nitrogens with two attached hydrogens (primary N) is 1.